The van der Waals surface area contributed by atoms with Crippen LogP contribution in [0.2, 0.25) is 0 Å². The summed E-state index contributed by atoms with van der Waals surface area (Å²) in [6.07, 6.45) is -6.36. The fraction of sp³-hybridized carbons (Fsp3) is 0.500. The third-order valence-corrected chi connectivity index (χ3v) is 7.20. The van der Waals surface area contributed by atoms with Crippen molar-refractivity contribution in [3.8, 4) is 0 Å². The maximum Gasteiger partial charge on any atom is 0.330 e. The fourth-order valence-electron chi connectivity index (χ4n) is 4.91. The number of aliphatic hydroxyl groups is 3. The van der Waals surface area contributed by atoms with Crippen LogP contribution in [0.15, 0.2) is 58.0 Å². The lowest BCUT2D eigenvalue weighted by Crippen LogP contribution is -2.53. The van der Waals surface area contributed by atoms with Crippen molar-refractivity contribution < 1.29 is 43.9 Å². The Morgan fingerprint density at radius 2 is 1.84 bits per heavy atom. The first kappa shape index (κ1) is 32.1. The molecule has 2 aliphatic rings. The van der Waals surface area contributed by atoms with Crippen LogP contribution in [0.4, 0.5) is 5.69 Å². The number of aryl methyl sites for hydroxylation is 1. The monoisotopic (exact) mass is 604 g/mol. The third-order valence-electron chi connectivity index (χ3n) is 7.20. The molecule has 0 unspecified atom stereocenters. The molecule has 8 atom stereocenters. The van der Waals surface area contributed by atoms with Gasteiger partial charge in [0.25, 0.3) is 11.5 Å². The van der Waals surface area contributed by atoms with Crippen molar-refractivity contribution >= 4 is 17.5 Å². The SMILES string of the molecule is CCCCCc1ccc(NC(=O)C2=C[C@H](O)[C@H](O)[C@@H](O[C@@H](C(N)=O)[C@H]3O[C@@H](n4ccc(=O)[nH]c4=O)[C@H](O)[C@@H]3OC)O2)cc1. The number of carbonyl (C=O) groups is 2. The summed E-state index contributed by atoms with van der Waals surface area (Å²) in [5.74, 6) is -2.28. The first-order valence-corrected chi connectivity index (χ1v) is 13.8. The van der Waals surface area contributed by atoms with Crippen molar-refractivity contribution in [1.82, 2.24) is 9.55 Å². The van der Waals surface area contributed by atoms with Crippen molar-refractivity contribution in [2.24, 2.45) is 5.73 Å². The number of carbonyl (C=O) groups excluding carboxylic acids is 2. The molecule has 0 saturated carbocycles. The number of aliphatic hydroxyl groups excluding tert-OH is 3. The standard InChI is InChI=1S/C28H36N4O11/c1-3-4-5-6-14-7-9-15(10-8-14)30-25(38)17-13-16(33)19(35)27(41-17)43-23(24(29)37)22-21(40-2)20(36)26(42-22)32-12-11-18(34)31-28(32)39/h7-13,16,19-23,26-27,33,35-36H,3-6H2,1-2H3,(H2,29,37)(H,30,38)(H,31,34,39)/t16-,19-,20+,21-,22-,23+,26+,27+/m0/s1. The highest BCUT2D eigenvalue weighted by Gasteiger charge is 2.52. The van der Waals surface area contributed by atoms with E-state index in [9.17, 15) is 34.5 Å². The Kier molecular flexibility index (Phi) is 10.5. The number of hydrogen-bond donors (Lipinski definition) is 6. The summed E-state index contributed by atoms with van der Waals surface area (Å²) in [7, 11) is 1.21. The minimum absolute atomic E-state index is 0.397. The molecule has 0 radical (unpaired) electrons. The molecular formula is C28H36N4O11. The normalized spacial score (nSPS) is 27.7. The molecular weight excluding hydrogens is 568 g/mol. The molecule has 0 spiro atoms. The van der Waals surface area contributed by atoms with Crippen LogP contribution in [0.1, 0.15) is 38.0 Å². The first-order chi connectivity index (χ1) is 20.5. The zero-order chi connectivity index (χ0) is 31.3. The van der Waals surface area contributed by atoms with E-state index in [2.05, 4.69) is 12.2 Å². The second-order valence-electron chi connectivity index (χ2n) is 10.3. The van der Waals surface area contributed by atoms with Gasteiger partial charge in [-0.15, -0.1) is 0 Å². The van der Waals surface area contributed by atoms with Gasteiger partial charge in [-0.2, -0.15) is 0 Å². The summed E-state index contributed by atoms with van der Waals surface area (Å²) in [5, 5.41) is 34.5. The maximum atomic E-state index is 13.0. The second-order valence-corrected chi connectivity index (χ2v) is 10.3. The maximum absolute atomic E-state index is 13.0. The summed E-state index contributed by atoms with van der Waals surface area (Å²) in [4.78, 5) is 51.3. The van der Waals surface area contributed by atoms with Crippen LogP contribution in [0.3, 0.4) is 0 Å². The number of nitrogens with zero attached hydrogens (tertiary/aromatic N) is 1. The number of ether oxygens (including phenoxy) is 4. The van der Waals surface area contributed by atoms with Gasteiger partial charge in [0.2, 0.25) is 12.2 Å². The highest BCUT2D eigenvalue weighted by atomic mass is 16.7. The molecule has 1 saturated heterocycles. The van der Waals surface area contributed by atoms with Crippen molar-refractivity contribution in [3.63, 3.8) is 0 Å². The number of nitrogens with one attached hydrogen (secondary N) is 2. The number of unbranched alkanes of at least 4 members (excludes halogenated alkanes) is 2. The smallest absolute Gasteiger partial charge is 0.330 e. The average molecular weight is 605 g/mol. The highest BCUT2D eigenvalue weighted by Crippen LogP contribution is 2.34. The van der Waals surface area contributed by atoms with Gasteiger partial charge in [0.15, 0.2) is 18.1 Å². The average Bonchev–Trinajstić information content (AvgIpc) is 3.29. The molecule has 2 amide bonds. The zero-order valence-corrected chi connectivity index (χ0v) is 23.6. The van der Waals surface area contributed by atoms with Gasteiger partial charge in [-0.1, -0.05) is 31.9 Å². The van der Waals surface area contributed by atoms with Crippen LogP contribution in [0.5, 0.6) is 0 Å². The Morgan fingerprint density at radius 3 is 2.47 bits per heavy atom. The van der Waals surface area contributed by atoms with Gasteiger partial charge < -0.3 is 45.3 Å². The largest absolute Gasteiger partial charge is 0.456 e. The van der Waals surface area contributed by atoms with Gasteiger partial charge in [-0.05, 0) is 36.6 Å². The molecule has 0 bridgehead atoms. The van der Waals surface area contributed by atoms with E-state index < -0.39 is 78.0 Å². The highest BCUT2D eigenvalue weighted by molar-refractivity contribution is 6.02. The summed E-state index contributed by atoms with van der Waals surface area (Å²) in [6, 6.07) is 8.26. The van der Waals surface area contributed by atoms with Crippen LogP contribution in [0.25, 0.3) is 0 Å². The van der Waals surface area contributed by atoms with E-state index in [1.165, 1.54) is 7.11 Å². The van der Waals surface area contributed by atoms with E-state index in [0.717, 1.165) is 54.2 Å². The summed E-state index contributed by atoms with van der Waals surface area (Å²) < 4.78 is 23.1. The predicted octanol–water partition coefficient (Wildman–Crippen LogP) is -0.986. The molecule has 2 aliphatic heterocycles. The molecule has 234 valence electrons. The Bertz CT molecular complexity index is 1420. The molecule has 7 N–H and O–H groups in total. The Morgan fingerprint density at radius 1 is 1.12 bits per heavy atom. The fourth-order valence-corrected chi connectivity index (χ4v) is 4.91. The minimum Gasteiger partial charge on any atom is -0.456 e. The first-order valence-electron chi connectivity index (χ1n) is 13.8. The van der Waals surface area contributed by atoms with E-state index >= 15 is 0 Å². The summed E-state index contributed by atoms with van der Waals surface area (Å²) >= 11 is 0. The molecule has 2 aromatic rings. The molecule has 0 aliphatic carbocycles. The van der Waals surface area contributed by atoms with E-state index in [-0.39, 0.29) is 0 Å². The molecule has 1 aromatic carbocycles. The van der Waals surface area contributed by atoms with E-state index in [1.54, 1.807) is 12.1 Å². The van der Waals surface area contributed by atoms with Crippen LogP contribution in [-0.4, -0.2) is 86.7 Å². The number of methoxy groups -OCH3 is 1. The van der Waals surface area contributed by atoms with Crippen LogP contribution < -0.4 is 22.3 Å². The van der Waals surface area contributed by atoms with Gasteiger partial charge in [0, 0.05) is 25.1 Å². The predicted molar refractivity (Wildman–Crippen MR) is 149 cm³/mol. The van der Waals surface area contributed by atoms with E-state index in [0.29, 0.717) is 5.69 Å². The number of amides is 2. The van der Waals surface area contributed by atoms with Gasteiger partial charge in [-0.3, -0.25) is 23.9 Å². The number of hydrogen-bond acceptors (Lipinski definition) is 11. The number of rotatable bonds is 12. The number of nitrogens with two attached hydrogens (primary N) is 1. The Hall–Kier alpha value is -3.86. The number of H-pyrrole nitrogens is 1. The van der Waals surface area contributed by atoms with Gasteiger partial charge >= 0.3 is 5.69 Å². The summed E-state index contributed by atoms with van der Waals surface area (Å²) in [5.41, 5.74) is 5.56. The molecule has 1 aromatic heterocycles. The number of primary amides is 1. The number of benzene rings is 1. The molecule has 4 rings (SSSR count). The van der Waals surface area contributed by atoms with Crippen LogP contribution in [0, 0.1) is 0 Å². The minimum atomic E-state index is -1.78. The van der Waals surface area contributed by atoms with Gasteiger partial charge in [0.05, 0.1) is 0 Å². The van der Waals surface area contributed by atoms with E-state index in [4.69, 9.17) is 24.7 Å². The zero-order valence-electron chi connectivity index (χ0n) is 23.6. The Balaban J connectivity index is 1.48. The van der Waals surface area contributed by atoms with E-state index in [1.807, 2.05) is 17.1 Å². The van der Waals surface area contributed by atoms with Gasteiger partial charge in [0.1, 0.15) is 30.5 Å². The van der Waals surface area contributed by atoms with Crippen LogP contribution >= 0.6 is 0 Å². The molecule has 43 heavy (non-hydrogen) atoms. The molecule has 1 fully saturated rings. The van der Waals surface area contributed by atoms with Crippen molar-refractivity contribution in [2.45, 2.75) is 81.7 Å². The Labute approximate surface area is 245 Å². The molecule has 3 heterocycles. The lowest BCUT2D eigenvalue weighted by atomic mass is 10.0. The lowest BCUT2D eigenvalue weighted by Gasteiger charge is -2.35. The topological polar surface area (TPSA) is 225 Å². The number of aromatic amines is 1. The number of anilines is 1. The summed E-state index contributed by atoms with van der Waals surface area (Å²) in [6.45, 7) is 2.12. The lowest BCUT2D eigenvalue weighted by molar-refractivity contribution is -0.241. The molecule has 15 heteroatoms. The quantitative estimate of drug-likeness (QED) is 0.161. The third kappa shape index (κ3) is 7.38. The molecule has 15 nitrogen and oxygen atoms in total. The van der Waals surface area contributed by atoms with Crippen LogP contribution in [-0.2, 0) is 35.0 Å². The van der Waals surface area contributed by atoms with Crippen molar-refractivity contribution in [1.29, 1.82) is 0 Å². The van der Waals surface area contributed by atoms with Crippen molar-refractivity contribution in [3.05, 3.63) is 74.8 Å². The number of aromatic nitrogens is 2. The second kappa shape index (κ2) is 14.1. The van der Waals surface area contributed by atoms with Crippen molar-refractivity contribution in [2.75, 3.05) is 12.4 Å². The van der Waals surface area contributed by atoms with Gasteiger partial charge in [-0.25, -0.2) is 4.79 Å².